The number of anilines is 2. The largest absolute Gasteiger partial charge is 0.383 e. The summed E-state index contributed by atoms with van der Waals surface area (Å²) in [4.78, 5) is 64.1. The number of aromatic nitrogens is 1. The molecular formula is C50H49N5O6S3. The van der Waals surface area contributed by atoms with Crippen LogP contribution in [0.5, 0.6) is 0 Å². The van der Waals surface area contributed by atoms with Gasteiger partial charge in [-0.25, -0.2) is 4.98 Å². The van der Waals surface area contributed by atoms with Crippen LogP contribution in [0.15, 0.2) is 132 Å². The number of carbonyl (C=O) groups excluding carboxylic acids is 4. The van der Waals surface area contributed by atoms with Gasteiger partial charge in [-0.2, -0.15) is 0 Å². The second-order valence-electron chi connectivity index (χ2n) is 15.8. The van der Waals surface area contributed by atoms with E-state index in [1.54, 1.807) is 75.7 Å². The smallest absolute Gasteiger partial charge is 0.254 e. The van der Waals surface area contributed by atoms with Crippen molar-refractivity contribution in [2.75, 3.05) is 51.2 Å². The molecule has 2 aliphatic heterocycles. The molecule has 0 fully saturated rings. The van der Waals surface area contributed by atoms with Crippen LogP contribution < -0.4 is 10.6 Å². The summed E-state index contributed by atoms with van der Waals surface area (Å²) in [7, 11) is 3.23. The van der Waals surface area contributed by atoms with Gasteiger partial charge in [0, 0.05) is 59.6 Å². The Morgan fingerprint density at radius 3 is 1.62 bits per heavy atom. The highest BCUT2D eigenvalue weighted by molar-refractivity contribution is 7.16. The fraction of sp³-hybridized carbons (Fsp3) is 0.260. The lowest BCUT2D eigenvalue weighted by Crippen LogP contribution is -2.47. The Kier molecular flexibility index (Phi) is 14.1. The van der Waals surface area contributed by atoms with Gasteiger partial charge in [0.05, 0.1) is 52.9 Å². The molecule has 4 amide bonds. The van der Waals surface area contributed by atoms with E-state index in [0.29, 0.717) is 49.0 Å². The van der Waals surface area contributed by atoms with E-state index in [1.807, 2.05) is 114 Å². The predicted molar refractivity (Wildman–Crippen MR) is 256 cm³/mol. The van der Waals surface area contributed by atoms with Crippen molar-refractivity contribution in [3.63, 3.8) is 0 Å². The van der Waals surface area contributed by atoms with Gasteiger partial charge in [-0.3, -0.25) is 19.2 Å². The summed E-state index contributed by atoms with van der Waals surface area (Å²) in [6.45, 7) is 5.90. The molecule has 3 aromatic heterocycles. The fourth-order valence-electron chi connectivity index (χ4n) is 8.50. The lowest BCUT2D eigenvalue weighted by molar-refractivity contribution is -0.120. The van der Waals surface area contributed by atoms with Gasteiger partial charge >= 0.3 is 0 Å². The first-order valence-corrected chi connectivity index (χ1v) is 23.7. The van der Waals surface area contributed by atoms with Crippen LogP contribution in [-0.4, -0.2) is 78.9 Å². The zero-order chi connectivity index (χ0) is 44.7. The van der Waals surface area contributed by atoms with Gasteiger partial charge < -0.3 is 29.9 Å². The maximum Gasteiger partial charge on any atom is 0.254 e. The monoisotopic (exact) mass is 911 g/mol. The van der Waals surface area contributed by atoms with Crippen molar-refractivity contribution in [1.29, 1.82) is 0 Å². The topological polar surface area (TPSA) is 130 Å². The van der Waals surface area contributed by atoms with Gasteiger partial charge in [0.15, 0.2) is 0 Å². The van der Waals surface area contributed by atoms with Crippen LogP contribution in [-0.2, 0) is 19.1 Å². The summed E-state index contributed by atoms with van der Waals surface area (Å²) in [5.74, 6) is -1.07. The number of thiophene rings is 2. The van der Waals surface area contributed by atoms with E-state index >= 15 is 0 Å². The molecule has 64 heavy (non-hydrogen) atoms. The van der Waals surface area contributed by atoms with Gasteiger partial charge in [0.25, 0.3) is 11.8 Å². The third kappa shape index (κ3) is 9.28. The Bertz CT molecular complexity index is 2720. The number of benzene rings is 4. The number of hydrogen-bond donors (Lipinski definition) is 2. The predicted octanol–water partition coefficient (Wildman–Crippen LogP) is 10.4. The minimum Gasteiger partial charge on any atom is -0.383 e. The van der Waals surface area contributed by atoms with Gasteiger partial charge in [0.1, 0.15) is 0 Å². The molecule has 0 saturated heterocycles. The van der Waals surface area contributed by atoms with Crippen molar-refractivity contribution in [3.8, 4) is 0 Å². The second kappa shape index (κ2) is 20.2. The third-order valence-corrected chi connectivity index (χ3v) is 14.3. The standard InChI is InChI=1S/C26H28N2O3S.C24H21N3O3S2/c1-17(2)18-10-12-19(13-11-18)27-25(29)23-20-7-4-5-8-21(20)26(30)28(14-15-31-3)24(23)22-9-6-16-32-22;1-30-11-10-27-22(20-7-4-12-31-20)21(16-5-2-3-6-17(16)24(27)29)23(28)26-15-8-9-19-18(13-15)25-14-32-19/h4-13,16-17,23-24H,14-15H2,1-3H3,(H,27,29);2-9,12-14,21-22H,10-11H2,1H3,(H,26,28). The highest BCUT2D eigenvalue weighted by atomic mass is 32.1. The van der Waals surface area contributed by atoms with Gasteiger partial charge in [-0.05, 0) is 88.0 Å². The maximum atomic E-state index is 13.7. The number of methoxy groups -OCH3 is 2. The molecule has 14 heteroatoms. The molecule has 0 spiro atoms. The summed E-state index contributed by atoms with van der Waals surface area (Å²) in [5.41, 5.74) is 7.95. The third-order valence-electron chi connectivity index (χ3n) is 11.6. The van der Waals surface area contributed by atoms with E-state index < -0.39 is 17.9 Å². The number of hydrogen-bond acceptors (Lipinski definition) is 10. The molecule has 5 heterocycles. The van der Waals surface area contributed by atoms with Crippen LogP contribution in [0.1, 0.15) is 90.8 Å². The minimum atomic E-state index is -0.550. The van der Waals surface area contributed by atoms with E-state index in [1.165, 1.54) is 5.56 Å². The van der Waals surface area contributed by atoms with E-state index in [9.17, 15) is 19.2 Å². The molecule has 4 unspecified atom stereocenters. The van der Waals surface area contributed by atoms with Crippen LogP contribution in [0, 0.1) is 0 Å². The number of carbonyl (C=O) groups is 4. The molecule has 7 aromatic rings. The van der Waals surface area contributed by atoms with E-state index in [0.717, 1.165) is 36.8 Å². The number of amides is 4. The first kappa shape index (κ1) is 44.6. The molecule has 9 rings (SSSR count). The summed E-state index contributed by atoms with van der Waals surface area (Å²) in [6.07, 6.45) is 0. The lowest BCUT2D eigenvalue weighted by atomic mass is 9.81. The molecule has 2 aliphatic rings. The van der Waals surface area contributed by atoms with Crippen molar-refractivity contribution in [2.45, 2.75) is 43.7 Å². The highest BCUT2D eigenvalue weighted by Crippen LogP contribution is 2.46. The Morgan fingerprint density at radius 1 is 0.641 bits per heavy atom. The minimum absolute atomic E-state index is 0.0682. The fourth-order valence-corrected chi connectivity index (χ4v) is 10.9. The van der Waals surface area contributed by atoms with Gasteiger partial charge in [0.2, 0.25) is 11.8 Å². The summed E-state index contributed by atoms with van der Waals surface area (Å²) >= 11 is 4.67. The van der Waals surface area contributed by atoms with E-state index in [2.05, 4.69) is 29.5 Å². The van der Waals surface area contributed by atoms with Crippen LogP contribution in [0.3, 0.4) is 0 Å². The number of fused-ring (bicyclic) bond motifs is 3. The molecule has 0 saturated carbocycles. The van der Waals surface area contributed by atoms with E-state index in [-0.39, 0.29) is 29.7 Å². The maximum absolute atomic E-state index is 13.7. The van der Waals surface area contributed by atoms with Crippen LogP contribution in [0.25, 0.3) is 10.2 Å². The quantitative estimate of drug-likeness (QED) is 0.118. The Hall–Kier alpha value is -6.03. The number of nitrogens with zero attached hydrogens (tertiary/aromatic N) is 3. The molecular weight excluding hydrogens is 863 g/mol. The van der Waals surface area contributed by atoms with Gasteiger partial charge in [-0.15, -0.1) is 34.0 Å². The van der Waals surface area contributed by atoms with E-state index in [4.69, 9.17) is 9.47 Å². The molecule has 328 valence electrons. The van der Waals surface area contributed by atoms with Crippen LogP contribution in [0.4, 0.5) is 11.4 Å². The van der Waals surface area contributed by atoms with Crippen molar-refractivity contribution >= 4 is 79.2 Å². The molecule has 4 atom stereocenters. The molecule has 0 aliphatic carbocycles. The Morgan fingerprint density at radius 2 is 1.14 bits per heavy atom. The van der Waals surface area contributed by atoms with Crippen molar-refractivity contribution in [2.24, 2.45) is 0 Å². The zero-order valence-corrected chi connectivity index (χ0v) is 38.4. The first-order chi connectivity index (χ1) is 31.2. The number of rotatable bonds is 13. The molecule has 11 nitrogen and oxygen atoms in total. The van der Waals surface area contributed by atoms with Crippen molar-refractivity contribution < 1.29 is 28.7 Å². The average molecular weight is 912 g/mol. The van der Waals surface area contributed by atoms with Gasteiger partial charge in [-0.1, -0.05) is 74.5 Å². The molecule has 0 radical (unpaired) electrons. The lowest BCUT2D eigenvalue weighted by Gasteiger charge is -2.41. The molecule has 2 N–H and O–H groups in total. The number of ether oxygens (including phenoxy) is 2. The van der Waals surface area contributed by atoms with Crippen molar-refractivity contribution in [1.82, 2.24) is 14.8 Å². The second-order valence-corrected chi connectivity index (χ2v) is 18.7. The number of thiazole rings is 1. The summed E-state index contributed by atoms with van der Waals surface area (Å²) in [6, 6.07) is 35.6. The summed E-state index contributed by atoms with van der Waals surface area (Å²) < 4.78 is 11.6. The summed E-state index contributed by atoms with van der Waals surface area (Å²) in [5, 5.41) is 10.1. The molecule has 4 aromatic carbocycles. The SMILES string of the molecule is COCCN1C(=O)c2ccccc2C(C(=O)Nc2ccc(C(C)C)cc2)C1c1cccs1.COCCN1C(=O)c2ccccc2C(C(=O)Nc2ccc3scnc3c2)C1c1cccs1. The van der Waals surface area contributed by atoms with Crippen molar-refractivity contribution in [3.05, 3.63) is 169 Å². The highest BCUT2D eigenvalue weighted by Gasteiger charge is 2.46. The number of nitrogens with one attached hydrogen (secondary N) is 2. The Balaban J connectivity index is 0.000000175. The average Bonchev–Trinajstić information content (AvgIpc) is 4.13. The Labute approximate surface area is 384 Å². The van der Waals surface area contributed by atoms with Crippen LogP contribution in [0.2, 0.25) is 0 Å². The van der Waals surface area contributed by atoms with Crippen LogP contribution >= 0.6 is 34.0 Å². The first-order valence-electron chi connectivity index (χ1n) is 21.1. The normalized spacial score (nSPS) is 18.0. The zero-order valence-electron chi connectivity index (χ0n) is 35.9. The molecule has 0 bridgehead atoms.